The Kier molecular flexibility index (Phi) is 7.40. The lowest BCUT2D eigenvalue weighted by Crippen LogP contribution is -2.55. The molecule has 6 heteroatoms. The number of amides is 1. The maximum absolute atomic E-state index is 12.5. The van der Waals surface area contributed by atoms with Crippen LogP contribution in [0.5, 0.6) is 0 Å². The molecule has 2 saturated heterocycles. The molecule has 2 N–H and O–H groups in total. The molecular weight excluding hydrogens is 290 g/mol. The summed E-state index contributed by atoms with van der Waals surface area (Å²) in [7, 11) is 0. The largest absolute Gasteiger partial charge is 0.372 e. The fourth-order valence-corrected chi connectivity index (χ4v) is 3.57. The van der Waals surface area contributed by atoms with Crippen LogP contribution in [0.25, 0.3) is 0 Å². The summed E-state index contributed by atoms with van der Waals surface area (Å²) in [5.74, 6) is 0.809. The highest BCUT2D eigenvalue weighted by Crippen LogP contribution is 2.22. The molecule has 4 atom stereocenters. The van der Waals surface area contributed by atoms with Crippen molar-refractivity contribution in [2.24, 2.45) is 11.7 Å². The van der Waals surface area contributed by atoms with Gasteiger partial charge < -0.3 is 15.4 Å². The molecule has 4 unspecified atom stereocenters. The number of ether oxygens (including phenoxy) is 1. The second-order valence-electron chi connectivity index (χ2n) is 6.45. The zero-order valence-corrected chi connectivity index (χ0v) is 14.3. The molecule has 2 rings (SSSR count). The molecule has 0 aromatic heterocycles. The van der Waals surface area contributed by atoms with Crippen LogP contribution in [0.4, 0.5) is 0 Å². The van der Waals surface area contributed by atoms with Crippen molar-refractivity contribution in [3.05, 3.63) is 0 Å². The zero-order valence-electron chi connectivity index (χ0n) is 13.5. The van der Waals surface area contributed by atoms with Crippen LogP contribution in [-0.4, -0.2) is 66.7 Å². The lowest BCUT2D eigenvalue weighted by Gasteiger charge is -2.41. The van der Waals surface area contributed by atoms with Gasteiger partial charge in [-0.15, -0.1) is 12.4 Å². The van der Waals surface area contributed by atoms with Crippen molar-refractivity contribution in [3.8, 4) is 0 Å². The maximum atomic E-state index is 12.5. The third-order valence-electron chi connectivity index (χ3n) is 4.58. The summed E-state index contributed by atoms with van der Waals surface area (Å²) in [5.41, 5.74) is 5.90. The summed E-state index contributed by atoms with van der Waals surface area (Å²) in [6.07, 6.45) is 2.65. The summed E-state index contributed by atoms with van der Waals surface area (Å²) >= 11 is 0. The number of nitrogens with two attached hydrogens (primary N) is 1. The highest BCUT2D eigenvalue weighted by atomic mass is 35.5. The van der Waals surface area contributed by atoms with Crippen LogP contribution in [0.2, 0.25) is 0 Å². The molecule has 1 amide bonds. The van der Waals surface area contributed by atoms with Crippen molar-refractivity contribution < 1.29 is 9.53 Å². The van der Waals surface area contributed by atoms with Gasteiger partial charge in [-0.3, -0.25) is 9.69 Å². The predicted octanol–water partition coefficient (Wildman–Crippen LogP) is 1.10. The first-order chi connectivity index (χ1) is 9.51. The second kappa shape index (κ2) is 8.32. The fourth-order valence-electron chi connectivity index (χ4n) is 3.57. The molecule has 0 saturated carbocycles. The van der Waals surface area contributed by atoms with Crippen molar-refractivity contribution >= 4 is 18.3 Å². The van der Waals surface area contributed by atoms with Crippen molar-refractivity contribution in [1.82, 2.24) is 9.80 Å². The molecule has 0 radical (unpaired) electrons. The number of nitrogens with zero attached hydrogens (tertiary/aromatic N) is 2. The number of rotatable bonds is 3. The van der Waals surface area contributed by atoms with Crippen molar-refractivity contribution in [2.45, 2.75) is 51.9 Å². The van der Waals surface area contributed by atoms with E-state index >= 15 is 0 Å². The van der Waals surface area contributed by atoms with Gasteiger partial charge in [-0.25, -0.2) is 0 Å². The van der Waals surface area contributed by atoms with Crippen LogP contribution in [0.1, 0.15) is 33.6 Å². The van der Waals surface area contributed by atoms with Gasteiger partial charge in [-0.2, -0.15) is 0 Å². The Morgan fingerprint density at radius 3 is 2.43 bits per heavy atom. The highest BCUT2D eigenvalue weighted by molar-refractivity contribution is 5.85. The molecule has 5 nitrogen and oxygen atoms in total. The van der Waals surface area contributed by atoms with Gasteiger partial charge in [0.1, 0.15) is 0 Å². The number of piperidine rings is 1. The van der Waals surface area contributed by atoms with Crippen molar-refractivity contribution in [3.63, 3.8) is 0 Å². The molecule has 0 spiro atoms. The van der Waals surface area contributed by atoms with Crippen LogP contribution >= 0.6 is 12.4 Å². The molecule has 0 aromatic carbocycles. The fraction of sp³-hybridized carbons (Fsp3) is 0.933. The Morgan fingerprint density at radius 2 is 1.86 bits per heavy atom. The number of carbonyl (C=O) groups excluding carboxylic acids is 1. The van der Waals surface area contributed by atoms with E-state index in [1.807, 2.05) is 18.7 Å². The minimum absolute atomic E-state index is 0. The summed E-state index contributed by atoms with van der Waals surface area (Å²) in [6.45, 7) is 9.86. The number of hydrogen-bond donors (Lipinski definition) is 1. The standard InChI is InChI=1S/C15H29N3O2.ClH/c1-11-5-4-6-17(14(11)7-16)10-15(19)18-8-12(2)20-13(3)9-18;/h11-14H,4-10,16H2,1-3H3;1H. The lowest BCUT2D eigenvalue weighted by atomic mass is 9.91. The van der Waals surface area contributed by atoms with E-state index in [1.54, 1.807) is 0 Å². The summed E-state index contributed by atoms with van der Waals surface area (Å²) < 4.78 is 5.69. The molecule has 0 aliphatic carbocycles. The van der Waals surface area contributed by atoms with Crippen LogP contribution in [0, 0.1) is 5.92 Å². The van der Waals surface area contributed by atoms with E-state index in [9.17, 15) is 4.79 Å². The predicted molar refractivity (Wildman–Crippen MR) is 86.7 cm³/mol. The third kappa shape index (κ3) is 4.81. The van der Waals surface area contributed by atoms with Gasteiger partial charge in [0.05, 0.1) is 18.8 Å². The average Bonchev–Trinajstić information content (AvgIpc) is 2.37. The molecule has 0 aromatic rings. The SMILES string of the molecule is CC1CN(C(=O)CN2CCCC(C)C2CN)CC(C)O1.Cl. The third-order valence-corrected chi connectivity index (χ3v) is 4.58. The van der Waals surface area contributed by atoms with Crippen LogP contribution in [-0.2, 0) is 9.53 Å². The van der Waals surface area contributed by atoms with Gasteiger partial charge >= 0.3 is 0 Å². The minimum Gasteiger partial charge on any atom is -0.372 e. The molecule has 2 aliphatic heterocycles. The quantitative estimate of drug-likeness (QED) is 0.846. The Hall–Kier alpha value is -0.360. The first-order valence-electron chi connectivity index (χ1n) is 7.88. The average molecular weight is 320 g/mol. The van der Waals surface area contributed by atoms with E-state index in [4.69, 9.17) is 10.5 Å². The highest BCUT2D eigenvalue weighted by Gasteiger charge is 2.31. The number of halogens is 1. The summed E-state index contributed by atoms with van der Waals surface area (Å²) in [4.78, 5) is 16.7. The Morgan fingerprint density at radius 1 is 1.24 bits per heavy atom. The van der Waals surface area contributed by atoms with Gasteiger partial charge in [0.15, 0.2) is 0 Å². The molecule has 0 bridgehead atoms. The Balaban J connectivity index is 0.00000220. The van der Waals surface area contributed by atoms with Gasteiger partial charge in [0.2, 0.25) is 5.91 Å². The second-order valence-corrected chi connectivity index (χ2v) is 6.45. The van der Waals surface area contributed by atoms with Gasteiger partial charge in [0.25, 0.3) is 0 Å². The van der Waals surface area contributed by atoms with Crippen LogP contribution in [0.15, 0.2) is 0 Å². The Labute approximate surface area is 134 Å². The maximum Gasteiger partial charge on any atom is 0.236 e. The van der Waals surface area contributed by atoms with Crippen LogP contribution in [0.3, 0.4) is 0 Å². The first kappa shape index (κ1) is 18.7. The van der Waals surface area contributed by atoms with Crippen molar-refractivity contribution in [1.29, 1.82) is 0 Å². The smallest absolute Gasteiger partial charge is 0.236 e. The van der Waals surface area contributed by atoms with Gasteiger partial charge in [0, 0.05) is 25.7 Å². The molecule has 21 heavy (non-hydrogen) atoms. The monoisotopic (exact) mass is 319 g/mol. The van der Waals surface area contributed by atoms with E-state index in [2.05, 4.69) is 11.8 Å². The number of morpholine rings is 1. The van der Waals surface area contributed by atoms with E-state index in [0.717, 1.165) is 6.54 Å². The topological polar surface area (TPSA) is 58.8 Å². The Bertz CT molecular complexity index is 333. The number of carbonyl (C=O) groups is 1. The van der Waals surface area contributed by atoms with Crippen LogP contribution < -0.4 is 5.73 Å². The van der Waals surface area contributed by atoms with Gasteiger partial charge in [-0.05, 0) is 39.2 Å². The molecule has 2 aliphatic rings. The first-order valence-corrected chi connectivity index (χ1v) is 7.88. The van der Waals surface area contributed by atoms with E-state index in [0.29, 0.717) is 38.1 Å². The zero-order chi connectivity index (χ0) is 14.7. The minimum atomic E-state index is 0. The van der Waals surface area contributed by atoms with E-state index < -0.39 is 0 Å². The van der Waals surface area contributed by atoms with Crippen molar-refractivity contribution in [2.75, 3.05) is 32.7 Å². The summed E-state index contributed by atoms with van der Waals surface area (Å²) in [6, 6.07) is 0.351. The van der Waals surface area contributed by atoms with E-state index in [-0.39, 0.29) is 30.5 Å². The number of likely N-dealkylation sites (tertiary alicyclic amines) is 1. The number of hydrogen-bond acceptors (Lipinski definition) is 4. The normalized spacial score (nSPS) is 34.4. The summed E-state index contributed by atoms with van der Waals surface area (Å²) in [5, 5.41) is 0. The molecule has 124 valence electrons. The molecular formula is C15H30ClN3O2. The van der Waals surface area contributed by atoms with E-state index in [1.165, 1.54) is 12.8 Å². The molecule has 2 heterocycles. The lowest BCUT2D eigenvalue weighted by molar-refractivity contribution is -0.145. The molecule has 2 fully saturated rings. The van der Waals surface area contributed by atoms with Gasteiger partial charge in [-0.1, -0.05) is 6.92 Å².